The van der Waals surface area contributed by atoms with Crippen molar-refractivity contribution in [1.82, 2.24) is 14.7 Å². The number of likely N-dealkylation sites (tertiary alicyclic amines) is 1. The Morgan fingerprint density at radius 2 is 1.53 bits per heavy atom. The van der Waals surface area contributed by atoms with E-state index in [9.17, 15) is 9.59 Å². The van der Waals surface area contributed by atoms with Crippen LogP contribution in [0.3, 0.4) is 0 Å². The van der Waals surface area contributed by atoms with Crippen LogP contribution in [0.15, 0.2) is 60.7 Å². The van der Waals surface area contributed by atoms with Crippen LogP contribution in [0.1, 0.15) is 51.4 Å². The average molecular weight is 399 g/mol. The van der Waals surface area contributed by atoms with Crippen molar-refractivity contribution in [3.05, 3.63) is 83.2 Å². The quantitative estimate of drug-likeness (QED) is 0.621. The number of Topliss-reactive ketones (excluding diaryl/α,β-unsaturated/α-hetero) is 1. The predicted octanol–water partition coefficient (Wildman–Crippen LogP) is 4.10. The molecule has 3 aromatic rings. The van der Waals surface area contributed by atoms with Crippen LogP contribution in [0.4, 0.5) is 0 Å². The highest BCUT2D eigenvalue weighted by Crippen LogP contribution is 2.30. The fraction of sp³-hybridized carbons (Fsp3) is 0.320. The summed E-state index contributed by atoms with van der Waals surface area (Å²) in [6.07, 6.45) is 4.35. The number of para-hydroxylation sites is 1. The van der Waals surface area contributed by atoms with Crippen molar-refractivity contribution in [1.29, 1.82) is 0 Å². The number of aromatic nitrogens is 2. The smallest absolute Gasteiger partial charge is 0.274 e. The minimum absolute atomic E-state index is 0.00782. The number of rotatable bonds is 4. The number of carbonyl (C=O) groups excluding carboxylic acids is 2. The minimum Gasteiger partial charge on any atom is -0.337 e. The highest BCUT2D eigenvalue weighted by molar-refractivity contribution is 5.98. The lowest BCUT2D eigenvalue weighted by Crippen LogP contribution is -2.40. The Labute approximate surface area is 176 Å². The summed E-state index contributed by atoms with van der Waals surface area (Å²) < 4.78 is 1.95. The molecule has 0 atom stereocenters. The van der Waals surface area contributed by atoms with Crippen LogP contribution >= 0.6 is 0 Å². The van der Waals surface area contributed by atoms with Gasteiger partial charge in [0.2, 0.25) is 0 Å². The molecule has 5 heteroatoms. The first kappa shape index (κ1) is 18.8. The molecule has 30 heavy (non-hydrogen) atoms. The molecular formula is C25H25N3O2. The Morgan fingerprint density at radius 3 is 2.23 bits per heavy atom. The van der Waals surface area contributed by atoms with E-state index in [1.165, 1.54) is 5.69 Å². The Balaban J connectivity index is 1.33. The lowest BCUT2D eigenvalue weighted by molar-refractivity contribution is 0.0644. The van der Waals surface area contributed by atoms with Crippen molar-refractivity contribution in [3.8, 4) is 5.69 Å². The zero-order valence-electron chi connectivity index (χ0n) is 17.0. The Kier molecular flexibility index (Phi) is 4.95. The van der Waals surface area contributed by atoms with Gasteiger partial charge in [-0.1, -0.05) is 48.5 Å². The van der Waals surface area contributed by atoms with Gasteiger partial charge in [-0.25, -0.2) is 4.68 Å². The van der Waals surface area contributed by atoms with E-state index in [-0.39, 0.29) is 17.6 Å². The molecule has 2 aromatic carbocycles. The first-order chi connectivity index (χ1) is 14.7. The Bertz CT molecular complexity index is 1060. The molecule has 0 radical (unpaired) electrons. The third-order valence-corrected chi connectivity index (χ3v) is 6.34. The molecule has 1 fully saturated rings. The predicted molar refractivity (Wildman–Crippen MR) is 115 cm³/mol. The summed E-state index contributed by atoms with van der Waals surface area (Å²) in [7, 11) is 0. The number of nitrogens with zero attached hydrogens (tertiary/aromatic N) is 3. The molecule has 0 bridgehead atoms. The summed E-state index contributed by atoms with van der Waals surface area (Å²) in [6.45, 7) is 1.21. The molecule has 5 rings (SSSR count). The van der Waals surface area contributed by atoms with Crippen molar-refractivity contribution in [2.45, 2.75) is 32.1 Å². The summed E-state index contributed by atoms with van der Waals surface area (Å²) >= 11 is 0. The maximum Gasteiger partial charge on any atom is 0.274 e. The number of hydrogen-bond donors (Lipinski definition) is 0. The van der Waals surface area contributed by atoms with Gasteiger partial charge in [-0.15, -0.1) is 0 Å². The second kappa shape index (κ2) is 7.90. The third-order valence-electron chi connectivity index (χ3n) is 6.34. The number of ketones is 1. The van der Waals surface area contributed by atoms with Crippen molar-refractivity contribution in [2.24, 2.45) is 5.92 Å². The molecule has 152 valence electrons. The van der Waals surface area contributed by atoms with Gasteiger partial charge in [0, 0.05) is 35.8 Å². The van der Waals surface area contributed by atoms with E-state index in [1.807, 2.05) is 70.2 Å². The van der Waals surface area contributed by atoms with E-state index < -0.39 is 0 Å². The van der Waals surface area contributed by atoms with Crippen molar-refractivity contribution in [2.75, 3.05) is 13.1 Å². The monoisotopic (exact) mass is 399 g/mol. The van der Waals surface area contributed by atoms with Gasteiger partial charge < -0.3 is 4.90 Å². The highest BCUT2D eigenvalue weighted by Gasteiger charge is 2.33. The number of hydrogen-bond acceptors (Lipinski definition) is 3. The summed E-state index contributed by atoms with van der Waals surface area (Å²) in [4.78, 5) is 27.9. The standard InChI is InChI=1S/C25H25N3O2/c29-24(18-8-3-1-4-9-18)19-14-16-27(17-15-19)25(30)23-21-12-7-13-22(21)28(26-23)20-10-5-2-6-11-20/h1-6,8-11,19H,7,12-17H2. The lowest BCUT2D eigenvalue weighted by atomic mass is 9.89. The van der Waals surface area contributed by atoms with Crippen LogP contribution in [0, 0.1) is 5.92 Å². The largest absolute Gasteiger partial charge is 0.337 e. The summed E-state index contributed by atoms with van der Waals surface area (Å²) in [5.74, 6) is 0.189. The molecule has 2 aliphatic rings. The number of fused-ring (bicyclic) bond motifs is 1. The van der Waals surface area contributed by atoms with Gasteiger partial charge in [0.05, 0.1) is 5.69 Å². The second-order valence-electron chi connectivity index (χ2n) is 8.17. The Hall–Kier alpha value is -3.21. The third kappa shape index (κ3) is 3.34. The van der Waals surface area contributed by atoms with Crippen molar-refractivity contribution < 1.29 is 9.59 Å². The number of piperidine rings is 1. The fourth-order valence-corrected chi connectivity index (χ4v) is 4.72. The number of amides is 1. The normalized spacial score (nSPS) is 16.5. The van der Waals surface area contributed by atoms with E-state index in [0.717, 1.165) is 36.1 Å². The van der Waals surface area contributed by atoms with Gasteiger partial charge in [0.1, 0.15) is 0 Å². The summed E-state index contributed by atoms with van der Waals surface area (Å²) in [6, 6.07) is 19.5. The average Bonchev–Trinajstić information content (AvgIpc) is 3.42. The van der Waals surface area contributed by atoms with E-state index in [0.29, 0.717) is 31.6 Å². The molecule has 1 aliphatic carbocycles. The highest BCUT2D eigenvalue weighted by atomic mass is 16.2. The molecule has 1 aliphatic heterocycles. The number of benzene rings is 2. The van der Waals surface area contributed by atoms with Crippen LogP contribution in [0.5, 0.6) is 0 Å². The van der Waals surface area contributed by atoms with E-state index in [2.05, 4.69) is 0 Å². The molecule has 0 unspecified atom stereocenters. The molecule has 5 nitrogen and oxygen atoms in total. The molecule has 1 amide bonds. The molecule has 0 spiro atoms. The van der Waals surface area contributed by atoms with Gasteiger partial charge in [-0.2, -0.15) is 5.10 Å². The first-order valence-corrected chi connectivity index (χ1v) is 10.8. The molecule has 0 saturated carbocycles. The maximum absolute atomic E-state index is 13.3. The second-order valence-corrected chi connectivity index (χ2v) is 8.17. The van der Waals surface area contributed by atoms with Crippen LogP contribution in [0.2, 0.25) is 0 Å². The molecule has 1 saturated heterocycles. The summed E-state index contributed by atoms with van der Waals surface area (Å²) in [5, 5.41) is 4.74. The van der Waals surface area contributed by atoms with Crippen LogP contribution in [-0.2, 0) is 12.8 Å². The van der Waals surface area contributed by atoms with Gasteiger partial charge in [0.25, 0.3) is 5.91 Å². The van der Waals surface area contributed by atoms with Crippen molar-refractivity contribution in [3.63, 3.8) is 0 Å². The zero-order valence-corrected chi connectivity index (χ0v) is 17.0. The van der Waals surface area contributed by atoms with E-state index in [4.69, 9.17) is 5.10 Å². The Morgan fingerprint density at radius 1 is 0.867 bits per heavy atom. The van der Waals surface area contributed by atoms with Gasteiger partial charge in [0.15, 0.2) is 11.5 Å². The first-order valence-electron chi connectivity index (χ1n) is 10.8. The minimum atomic E-state index is -0.0101. The lowest BCUT2D eigenvalue weighted by Gasteiger charge is -2.31. The van der Waals surface area contributed by atoms with Crippen LogP contribution in [-0.4, -0.2) is 39.5 Å². The topological polar surface area (TPSA) is 55.2 Å². The van der Waals surface area contributed by atoms with Crippen molar-refractivity contribution >= 4 is 11.7 Å². The molecular weight excluding hydrogens is 374 g/mol. The van der Waals surface area contributed by atoms with E-state index >= 15 is 0 Å². The van der Waals surface area contributed by atoms with Crippen LogP contribution < -0.4 is 0 Å². The molecule has 2 heterocycles. The van der Waals surface area contributed by atoms with E-state index in [1.54, 1.807) is 0 Å². The molecule has 0 N–H and O–H groups in total. The van der Waals surface area contributed by atoms with Gasteiger partial charge >= 0.3 is 0 Å². The SMILES string of the molecule is O=C(c1ccccc1)C1CCN(C(=O)c2nn(-c3ccccc3)c3c2CCC3)CC1. The van der Waals surface area contributed by atoms with Crippen LogP contribution in [0.25, 0.3) is 5.69 Å². The maximum atomic E-state index is 13.3. The number of carbonyl (C=O) groups is 2. The van der Waals surface area contributed by atoms with Gasteiger partial charge in [-0.3, -0.25) is 9.59 Å². The summed E-state index contributed by atoms with van der Waals surface area (Å²) in [5.41, 5.74) is 4.63. The molecule has 1 aromatic heterocycles. The zero-order chi connectivity index (χ0) is 20.5. The van der Waals surface area contributed by atoms with Gasteiger partial charge in [-0.05, 0) is 44.2 Å². The fourth-order valence-electron chi connectivity index (χ4n) is 4.72.